The molecule has 0 aliphatic heterocycles. The van der Waals surface area contributed by atoms with Crippen molar-refractivity contribution in [1.29, 1.82) is 0 Å². The Labute approximate surface area is 191 Å². The van der Waals surface area contributed by atoms with Crippen molar-refractivity contribution in [2.75, 3.05) is 19.6 Å². The van der Waals surface area contributed by atoms with Crippen molar-refractivity contribution in [3.8, 4) is 0 Å². The number of benzene rings is 1. The Morgan fingerprint density at radius 1 is 0.871 bits per heavy atom. The molecule has 1 aromatic rings. The zero-order chi connectivity index (χ0) is 23.0. The lowest BCUT2D eigenvalue weighted by molar-refractivity contribution is 0.0456. The second kappa shape index (κ2) is 16.7. The first-order valence-corrected chi connectivity index (χ1v) is 13.8. The molecule has 31 heavy (non-hydrogen) atoms. The average molecular weight is 455 g/mol. The lowest BCUT2D eigenvalue weighted by Crippen LogP contribution is -2.38. The first-order valence-electron chi connectivity index (χ1n) is 12.2. The molecule has 0 aromatic heterocycles. The maximum Gasteiger partial charge on any atom is 0.214 e. The lowest BCUT2D eigenvalue weighted by atomic mass is 10.0. The summed E-state index contributed by atoms with van der Waals surface area (Å²) in [5.41, 5.74) is 1.14. The molecular formula is C25H46N2O3S. The molecule has 0 heterocycles. The molecule has 1 rings (SSSR count). The van der Waals surface area contributed by atoms with Gasteiger partial charge in [-0.15, -0.1) is 0 Å². The highest BCUT2D eigenvalue weighted by Crippen LogP contribution is 2.20. The Kier molecular flexibility index (Phi) is 15.1. The lowest BCUT2D eigenvalue weighted by Gasteiger charge is -2.23. The normalized spacial score (nSPS) is 14.1. The van der Waals surface area contributed by atoms with Crippen molar-refractivity contribution in [1.82, 2.24) is 10.0 Å². The van der Waals surface area contributed by atoms with Crippen molar-refractivity contribution in [2.24, 2.45) is 5.92 Å². The fraction of sp³-hybridized carbons (Fsp3) is 0.760. The first kappa shape index (κ1) is 28.1. The fourth-order valence-electron chi connectivity index (χ4n) is 3.72. The van der Waals surface area contributed by atoms with Gasteiger partial charge >= 0.3 is 0 Å². The molecule has 2 N–H and O–H groups in total. The predicted octanol–water partition coefficient (Wildman–Crippen LogP) is 5.27. The zero-order valence-corrected chi connectivity index (χ0v) is 21.1. The van der Waals surface area contributed by atoms with E-state index in [0.717, 1.165) is 37.9 Å². The number of ether oxygens (including phenoxy) is 1. The van der Waals surface area contributed by atoms with Crippen LogP contribution in [0.25, 0.3) is 0 Å². The molecule has 6 heteroatoms. The van der Waals surface area contributed by atoms with Gasteiger partial charge in [0.1, 0.15) is 0 Å². The molecule has 0 radical (unpaired) electrons. The van der Waals surface area contributed by atoms with Crippen molar-refractivity contribution in [3.63, 3.8) is 0 Å². The van der Waals surface area contributed by atoms with E-state index in [2.05, 4.69) is 17.0 Å². The summed E-state index contributed by atoms with van der Waals surface area (Å²) < 4.78 is 34.5. The van der Waals surface area contributed by atoms with E-state index in [-0.39, 0.29) is 17.3 Å². The molecule has 2 unspecified atom stereocenters. The van der Waals surface area contributed by atoms with Crippen LogP contribution in [-0.4, -0.2) is 39.4 Å². The molecular weight excluding hydrogens is 408 g/mol. The van der Waals surface area contributed by atoms with Gasteiger partial charge in [-0.05, 0) is 57.2 Å². The van der Waals surface area contributed by atoms with Gasteiger partial charge in [-0.2, -0.15) is 0 Å². The second-order valence-electron chi connectivity index (χ2n) is 8.88. The van der Waals surface area contributed by atoms with Crippen LogP contribution in [0, 0.1) is 5.92 Å². The Morgan fingerprint density at radius 3 is 2.10 bits per heavy atom. The van der Waals surface area contributed by atoms with Gasteiger partial charge in [-0.25, -0.2) is 13.1 Å². The van der Waals surface area contributed by atoms with Crippen LogP contribution in [0.4, 0.5) is 0 Å². The van der Waals surface area contributed by atoms with Crippen molar-refractivity contribution in [3.05, 3.63) is 35.9 Å². The average Bonchev–Trinajstić information content (AvgIpc) is 2.74. The van der Waals surface area contributed by atoms with E-state index in [1.165, 1.54) is 25.7 Å². The number of sulfonamides is 1. The summed E-state index contributed by atoms with van der Waals surface area (Å²) in [6, 6.07) is 10.1. The molecule has 0 amide bonds. The number of hydrogen-bond acceptors (Lipinski definition) is 4. The summed E-state index contributed by atoms with van der Waals surface area (Å²) in [4.78, 5) is 0. The van der Waals surface area contributed by atoms with Crippen molar-refractivity contribution >= 4 is 10.0 Å². The third kappa shape index (κ3) is 13.3. The van der Waals surface area contributed by atoms with E-state index >= 15 is 0 Å². The van der Waals surface area contributed by atoms with Crippen LogP contribution in [-0.2, 0) is 21.4 Å². The minimum atomic E-state index is -3.31. The minimum absolute atomic E-state index is 0.0317. The van der Waals surface area contributed by atoms with Crippen molar-refractivity contribution < 1.29 is 13.2 Å². The largest absolute Gasteiger partial charge is 0.374 e. The van der Waals surface area contributed by atoms with Crippen LogP contribution in [0.2, 0.25) is 0 Å². The standard InChI is InChI=1S/C25H46N2O3S/c1-5-26-19-13-8-6-7-9-14-20-27-31(28,29)25(22(2)3)18-17-23(4)30-21-24-15-11-10-12-16-24/h10-12,15-16,22-23,25-27H,5-9,13-14,17-21H2,1-4H3. The molecule has 180 valence electrons. The summed E-state index contributed by atoms with van der Waals surface area (Å²) in [5, 5.41) is 2.97. The van der Waals surface area contributed by atoms with E-state index in [4.69, 9.17) is 4.74 Å². The van der Waals surface area contributed by atoms with Gasteiger partial charge in [0.25, 0.3) is 0 Å². The monoisotopic (exact) mass is 454 g/mol. The van der Waals surface area contributed by atoms with Crippen LogP contribution >= 0.6 is 0 Å². The van der Waals surface area contributed by atoms with Crippen LogP contribution in [0.5, 0.6) is 0 Å². The maximum absolute atomic E-state index is 12.8. The highest BCUT2D eigenvalue weighted by atomic mass is 32.2. The second-order valence-corrected chi connectivity index (χ2v) is 10.9. The number of hydrogen-bond donors (Lipinski definition) is 2. The summed E-state index contributed by atoms with van der Waals surface area (Å²) in [6.07, 6.45) is 8.27. The van der Waals surface area contributed by atoms with Crippen LogP contribution in [0.3, 0.4) is 0 Å². The third-order valence-corrected chi connectivity index (χ3v) is 7.89. The molecule has 0 bridgehead atoms. The van der Waals surface area contributed by atoms with Gasteiger partial charge in [-0.1, -0.05) is 76.8 Å². The van der Waals surface area contributed by atoms with Crippen LogP contribution in [0.15, 0.2) is 30.3 Å². The molecule has 0 spiro atoms. The smallest absolute Gasteiger partial charge is 0.214 e. The number of rotatable bonds is 19. The molecule has 1 aromatic carbocycles. The molecule has 0 saturated heterocycles. The van der Waals surface area contributed by atoms with Crippen molar-refractivity contribution in [2.45, 2.75) is 97.0 Å². The van der Waals surface area contributed by atoms with E-state index < -0.39 is 10.0 Å². The van der Waals surface area contributed by atoms with E-state index in [1.807, 2.05) is 51.1 Å². The highest BCUT2D eigenvalue weighted by Gasteiger charge is 2.28. The summed E-state index contributed by atoms with van der Waals surface area (Å²) in [7, 11) is -3.31. The van der Waals surface area contributed by atoms with E-state index in [0.29, 0.717) is 19.6 Å². The SMILES string of the molecule is CCNCCCCCCCCNS(=O)(=O)C(CCC(C)OCc1ccccc1)C(C)C. The molecule has 0 saturated carbocycles. The van der Waals surface area contributed by atoms with Gasteiger partial charge in [0.15, 0.2) is 0 Å². The Balaban J connectivity index is 2.26. The summed E-state index contributed by atoms with van der Waals surface area (Å²) in [5.74, 6) is 0.0792. The molecule has 0 fully saturated rings. The Hall–Kier alpha value is -0.950. The Morgan fingerprint density at radius 2 is 1.48 bits per heavy atom. The topological polar surface area (TPSA) is 67.4 Å². The Bertz CT molecular complexity index is 650. The predicted molar refractivity (Wildman–Crippen MR) is 132 cm³/mol. The van der Waals surface area contributed by atoms with Crippen LogP contribution in [0.1, 0.15) is 84.6 Å². The molecule has 0 aliphatic carbocycles. The van der Waals surface area contributed by atoms with E-state index in [9.17, 15) is 8.42 Å². The van der Waals surface area contributed by atoms with Gasteiger partial charge in [0.05, 0.1) is 18.0 Å². The van der Waals surface area contributed by atoms with Gasteiger partial charge in [-0.3, -0.25) is 0 Å². The highest BCUT2D eigenvalue weighted by molar-refractivity contribution is 7.90. The summed E-state index contributed by atoms with van der Waals surface area (Å²) >= 11 is 0. The van der Waals surface area contributed by atoms with E-state index in [1.54, 1.807) is 0 Å². The maximum atomic E-state index is 12.8. The fourth-order valence-corrected chi connectivity index (χ4v) is 5.53. The zero-order valence-electron chi connectivity index (χ0n) is 20.2. The van der Waals surface area contributed by atoms with Gasteiger partial charge in [0.2, 0.25) is 10.0 Å². The third-order valence-electron chi connectivity index (χ3n) is 5.71. The minimum Gasteiger partial charge on any atom is -0.374 e. The summed E-state index contributed by atoms with van der Waals surface area (Å²) in [6.45, 7) is 11.4. The first-order chi connectivity index (χ1) is 14.9. The molecule has 5 nitrogen and oxygen atoms in total. The van der Waals surface area contributed by atoms with Gasteiger partial charge in [0, 0.05) is 6.54 Å². The molecule has 0 aliphatic rings. The number of unbranched alkanes of at least 4 members (excludes halogenated alkanes) is 5. The molecule has 2 atom stereocenters. The number of nitrogens with one attached hydrogen (secondary N) is 2. The van der Waals surface area contributed by atoms with Crippen LogP contribution < -0.4 is 10.0 Å². The van der Waals surface area contributed by atoms with Gasteiger partial charge < -0.3 is 10.1 Å². The quantitative estimate of drug-likeness (QED) is 0.280.